The molecule has 0 spiro atoms. The number of unbranched alkanes of at least 4 members (excludes halogenated alkanes) is 5. The van der Waals surface area contributed by atoms with Gasteiger partial charge >= 0.3 is 5.97 Å². The largest absolute Gasteiger partial charge is 0.481 e. The molecule has 2 unspecified atom stereocenters. The summed E-state index contributed by atoms with van der Waals surface area (Å²) in [5, 5.41) is 19.0. The van der Waals surface area contributed by atoms with E-state index >= 15 is 0 Å². The van der Waals surface area contributed by atoms with E-state index in [1.54, 1.807) is 0 Å². The molecule has 28 heavy (non-hydrogen) atoms. The summed E-state index contributed by atoms with van der Waals surface area (Å²) >= 11 is 0. The third-order valence-electron chi connectivity index (χ3n) is 6.09. The van der Waals surface area contributed by atoms with Crippen LogP contribution in [0.2, 0.25) is 0 Å². The molecule has 4 heteroatoms. The van der Waals surface area contributed by atoms with Crippen LogP contribution < -0.4 is 0 Å². The number of benzene rings is 1. The third-order valence-corrected chi connectivity index (χ3v) is 6.09. The highest BCUT2D eigenvalue weighted by Gasteiger charge is 2.34. The highest BCUT2D eigenvalue weighted by atomic mass is 16.4. The summed E-state index contributed by atoms with van der Waals surface area (Å²) < 4.78 is 0. The van der Waals surface area contributed by atoms with Crippen molar-refractivity contribution in [2.75, 3.05) is 0 Å². The first-order valence-electron chi connectivity index (χ1n) is 11.0. The molecular formula is C24H36O4. The molecule has 0 aliphatic heterocycles. The fourth-order valence-corrected chi connectivity index (χ4v) is 4.38. The number of aliphatic carboxylic acids is 1. The third kappa shape index (κ3) is 7.05. The summed E-state index contributed by atoms with van der Waals surface area (Å²) in [6, 6.07) is 8.25. The van der Waals surface area contributed by atoms with Crippen LogP contribution in [0.1, 0.15) is 107 Å². The topological polar surface area (TPSA) is 74.6 Å². The van der Waals surface area contributed by atoms with Crippen LogP contribution in [0.4, 0.5) is 0 Å². The Bertz CT molecular complexity index is 608. The molecule has 4 nitrogen and oxygen atoms in total. The maximum atomic E-state index is 12.4. The number of carboxylic acid groups (broad SMARTS) is 1. The van der Waals surface area contributed by atoms with E-state index in [0.717, 1.165) is 69.8 Å². The lowest BCUT2D eigenvalue weighted by Crippen LogP contribution is -2.13. The lowest BCUT2D eigenvalue weighted by molar-refractivity contribution is -0.137. The van der Waals surface area contributed by atoms with Gasteiger partial charge in [0.05, 0.1) is 6.10 Å². The Morgan fingerprint density at radius 3 is 2.46 bits per heavy atom. The Balaban J connectivity index is 1.84. The van der Waals surface area contributed by atoms with Crippen molar-refractivity contribution >= 4 is 11.8 Å². The van der Waals surface area contributed by atoms with Crippen molar-refractivity contribution in [2.45, 2.75) is 96.0 Å². The molecule has 156 valence electrons. The highest BCUT2D eigenvalue weighted by Crippen LogP contribution is 2.40. The van der Waals surface area contributed by atoms with Crippen LogP contribution in [-0.4, -0.2) is 22.0 Å². The van der Waals surface area contributed by atoms with Crippen LogP contribution in [0, 0.1) is 5.92 Å². The van der Waals surface area contributed by atoms with Gasteiger partial charge in [-0.25, -0.2) is 0 Å². The summed E-state index contributed by atoms with van der Waals surface area (Å²) in [6.07, 6.45) is 10.1. The van der Waals surface area contributed by atoms with Crippen molar-refractivity contribution in [1.29, 1.82) is 0 Å². The van der Waals surface area contributed by atoms with Crippen molar-refractivity contribution in [3.05, 3.63) is 35.4 Å². The molecule has 1 fully saturated rings. The van der Waals surface area contributed by atoms with Gasteiger partial charge in [0, 0.05) is 18.8 Å². The van der Waals surface area contributed by atoms with Gasteiger partial charge in [0.1, 0.15) is 5.78 Å². The minimum Gasteiger partial charge on any atom is -0.481 e. The van der Waals surface area contributed by atoms with Crippen LogP contribution in [0.3, 0.4) is 0 Å². The summed E-state index contributed by atoms with van der Waals surface area (Å²) in [7, 11) is 0. The first-order valence-corrected chi connectivity index (χ1v) is 11.0. The number of carbonyl (C=O) groups excluding carboxylic acids is 1. The average molecular weight is 389 g/mol. The molecule has 0 radical (unpaired) electrons. The van der Waals surface area contributed by atoms with Gasteiger partial charge in [-0.05, 0) is 42.7 Å². The van der Waals surface area contributed by atoms with Gasteiger partial charge in [0.25, 0.3) is 0 Å². The number of hydrogen-bond donors (Lipinski definition) is 2. The molecule has 0 saturated heterocycles. The molecule has 0 heterocycles. The van der Waals surface area contributed by atoms with Crippen molar-refractivity contribution in [3.63, 3.8) is 0 Å². The fraction of sp³-hybridized carbons (Fsp3) is 0.667. The van der Waals surface area contributed by atoms with Gasteiger partial charge in [-0.3, -0.25) is 9.59 Å². The van der Waals surface area contributed by atoms with E-state index in [-0.39, 0.29) is 18.3 Å². The summed E-state index contributed by atoms with van der Waals surface area (Å²) in [5.74, 6) is 0.0294. The molecule has 3 atom stereocenters. The molecule has 0 amide bonds. The Hall–Kier alpha value is -1.68. The minimum absolute atomic E-state index is 0.0970. The zero-order chi connectivity index (χ0) is 20.4. The van der Waals surface area contributed by atoms with E-state index in [1.807, 2.05) is 12.1 Å². The Labute approximate surface area is 169 Å². The maximum Gasteiger partial charge on any atom is 0.303 e. The van der Waals surface area contributed by atoms with Gasteiger partial charge in [-0.2, -0.15) is 0 Å². The van der Waals surface area contributed by atoms with Gasteiger partial charge in [-0.15, -0.1) is 0 Å². The SMILES string of the molecule is CCCCCC(O)c1ccc([C@@H]2CCC(=O)C2CCCCCCC(=O)O)cc1. The molecule has 1 aromatic carbocycles. The lowest BCUT2D eigenvalue weighted by atomic mass is 9.84. The first kappa shape index (κ1) is 22.6. The van der Waals surface area contributed by atoms with Gasteiger partial charge in [0.2, 0.25) is 0 Å². The van der Waals surface area contributed by atoms with Crippen molar-refractivity contribution in [2.24, 2.45) is 5.92 Å². The second kappa shape index (κ2) is 12.0. The Morgan fingerprint density at radius 2 is 1.79 bits per heavy atom. The fourth-order valence-electron chi connectivity index (χ4n) is 4.38. The lowest BCUT2D eigenvalue weighted by Gasteiger charge is -2.20. The van der Waals surface area contributed by atoms with E-state index in [2.05, 4.69) is 19.1 Å². The number of aliphatic hydroxyl groups excluding tert-OH is 1. The summed E-state index contributed by atoms with van der Waals surface area (Å²) in [5.41, 5.74) is 2.19. The van der Waals surface area contributed by atoms with Crippen molar-refractivity contribution in [1.82, 2.24) is 0 Å². The predicted octanol–water partition coefficient (Wildman–Crippen LogP) is 5.79. The number of carboxylic acids is 1. The van der Waals surface area contributed by atoms with Crippen LogP contribution in [0.15, 0.2) is 24.3 Å². The predicted molar refractivity (Wildman–Crippen MR) is 111 cm³/mol. The highest BCUT2D eigenvalue weighted by molar-refractivity contribution is 5.84. The Morgan fingerprint density at radius 1 is 1.07 bits per heavy atom. The monoisotopic (exact) mass is 388 g/mol. The molecule has 0 bridgehead atoms. The van der Waals surface area contributed by atoms with Gasteiger partial charge < -0.3 is 10.2 Å². The van der Waals surface area contributed by atoms with Crippen LogP contribution >= 0.6 is 0 Å². The molecule has 0 aromatic heterocycles. The molecule has 1 aromatic rings. The number of aliphatic hydroxyl groups is 1. The van der Waals surface area contributed by atoms with Crippen molar-refractivity contribution in [3.8, 4) is 0 Å². The molecule has 1 aliphatic carbocycles. The molecule has 2 N–H and O–H groups in total. The maximum absolute atomic E-state index is 12.4. The number of hydrogen-bond acceptors (Lipinski definition) is 3. The molecule has 1 aliphatic rings. The van der Waals surface area contributed by atoms with E-state index < -0.39 is 12.1 Å². The first-order chi connectivity index (χ1) is 13.5. The molecule has 2 rings (SSSR count). The standard InChI is InChI=1S/C24H36O4/c1-2-3-6-10-22(25)19-14-12-18(13-15-19)20-16-17-23(26)21(20)9-7-4-5-8-11-24(27)28/h12-15,20-22,25H,2-11,16-17H2,1H3,(H,27,28)/t20-,21?,22?/m0/s1. The summed E-state index contributed by atoms with van der Waals surface area (Å²) in [4.78, 5) is 22.9. The van der Waals surface area contributed by atoms with Gasteiger partial charge in [0.15, 0.2) is 0 Å². The minimum atomic E-state index is -0.732. The number of ketones is 1. The van der Waals surface area contributed by atoms with Crippen LogP contribution in [0.5, 0.6) is 0 Å². The quantitative estimate of drug-likeness (QED) is 0.420. The van der Waals surface area contributed by atoms with Crippen LogP contribution in [-0.2, 0) is 9.59 Å². The second-order valence-electron chi connectivity index (χ2n) is 8.24. The van der Waals surface area contributed by atoms with E-state index in [4.69, 9.17) is 5.11 Å². The zero-order valence-corrected chi connectivity index (χ0v) is 17.2. The van der Waals surface area contributed by atoms with E-state index in [0.29, 0.717) is 12.2 Å². The smallest absolute Gasteiger partial charge is 0.303 e. The number of carbonyl (C=O) groups is 2. The molecule has 1 saturated carbocycles. The van der Waals surface area contributed by atoms with E-state index in [9.17, 15) is 14.7 Å². The number of rotatable bonds is 13. The van der Waals surface area contributed by atoms with Gasteiger partial charge in [-0.1, -0.05) is 69.7 Å². The summed E-state index contributed by atoms with van der Waals surface area (Å²) in [6.45, 7) is 2.16. The molecular weight excluding hydrogens is 352 g/mol. The normalized spacial score (nSPS) is 20.4. The van der Waals surface area contributed by atoms with Crippen molar-refractivity contribution < 1.29 is 19.8 Å². The average Bonchev–Trinajstić information content (AvgIpc) is 3.05. The second-order valence-corrected chi connectivity index (χ2v) is 8.24. The van der Waals surface area contributed by atoms with Crippen LogP contribution in [0.25, 0.3) is 0 Å². The zero-order valence-electron chi connectivity index (χ0n) is 17.2. The number of Topliss-reactive ketones (excluding diaryl/α,β-unsaturated/α-hetero) is 1. The van der Waals surface area contributed by atoms with E-state index in [1.165, 1.54) is 5.56 Å². The Kier molecular flexibility index (Phi) is 9.69.